The second-order valence-electron chi connectivity index (χ2n) is 5.84. The first kappa shape index (κ1) is 16.5. The molecule has 1 aliphatic rings. The summed E-state index contributed by atoms with van der Waals surface area (Å²) >= 11 is 3.64. The maximum Gasteiger partial charge on any atom is 0.217 e. The van der Waals surface area contributed by atoms with Gasteiger partial charge in [-0.3, -0.25) is 9.69 Å². The molecule has 1 amide bonds. The minimum Gasteiger partial charge on any atom is -0.354 e. The fourth-order valence-corrected chi connectivity index (χ4v) is 3.66. The molecule has 0 aromatic heterocycles. The lowest BCUT2D eigenvalue weighted by Gasteiger charge is -2.40. The van der Waals surface area contributed by atoms with E-state index in [2.05, 4.69) is 51.3 Å². The summed E-state index contributed by atoms with van der Waals surface area (Å²) in [5, 5.41) is 3.02. The van der Waals surface area contributed by atoms with Crippen LogP contribution in [0.4, 0.5) is 0 Å². The standard InChI is InChI=1S/C16H24BrN3O/c1-11(18)16(14-5-3-4-6-15(14)17)20-9-7-13(8-10-20)19-12(2)21/h3-6,11,13,16H,7-10,18H2,1-2H3,(H,19,21). The van der Waals surface area contributed by atoms with Gasteiger partial charge >= 0.3 is 0 Å². The molecule has 5 heteroatoms. The van der Waals surface area contributed by atoms with E-state index in [4.69, 9.17) is 5.73 Å². The molecule has 2 atom stereocenters. The van der Waals surface area contributed by atoms with Gasteiger partial charge in [-0.25, -0.2) is 0 Å². The number of benzene rings is 1. The van der Waals surface area contributed by atoms with E-state index in [-0.39, 0.29) is 18.0 Å². The molecule has 3 N–H and O–H groups in total. The predicted molar refractivity (Wildman–Crippen MR) is 88.9 cm³/mol. The molecule has 4 nitrogen and oxygen atoms in total. The highest BCUT2D eigenvalue weighted by Crippen LogP contribution is 2.31. The van der Waals surface area contributed by atoms with E-state index in [1.165, 1.54) is 5.56 Å². The molecule has 0 bridgehead atoms. The number of hydrogen-bond donors (Lipinski definition) is 2. The first-order valence-corrected chi connectivity index (χ1v) is 8.29. The van der Waals surface area contributed by atoms with Gasteiger partial charge in [-0.2, -0.15) is 0 Å². The lowest BCUT2D eigenvalue weighted by Crippen LogP contribution is -2.48. The van der Waals surface area contributed by atoms with Crippen LogP contribution in [0.2, 0.25) is 0 Å². The van der Waals surface area contributed by atoms with E-state index >= 15 is 0 Å². The Bertz CT molecular complexity index is 484. The van der Waals surface area contributed by atoms with Crippen molar-refractivity contribution in [3.8, 4) is 0 Å². The van der Waals surface area contributed by atoms with Gasteiger partial charge in [-0.1, -0.05) is 34.1 Å². The fraction of sp³-hybridized carbons (Fsp3) is 0.562. The maximum absolute atomic E-state index is 11.2. The zero-order valence-corrected chi connectivity index (χ0v) is 14.3. The van der Waals surface area contributed by atoms with Crippen LogP contribution in [-0.2, 0) is 4.79 Å². The first-order valence-electron chi connectivity index (χ1n) is 7.50. The SMILES string of the molecule is CC(=O)NC1CCN(C(c2ccccc2Br)C(C)N)CC1. The molecule has 1 aromatic carbocycles. The number of hydrogen-bond acceptors (Lipinski definition) is 3. The van der Waals surface area contributed by atoms with E-state index in [1.807, 2.05) is 6.07 Å². The van der Waals surface area contributed by atoms with Gasteiger partial charge in [0, 0.05) is 36.6 Å². The number of halogens is 1. The van der Waals surface area contributed by atoms with Crippen molar-refractivity contribution in [3.63, 3.8) is 0 Å². The Morgan fingerprint density at radius 3 is 2.52 bits per heavy atom. The van der Waals surface area contributed by atoms with E-state index in [1.54, 1.807) is 6.92 Å². The Balaban J connectivity index is 2.08. The van der Waals surface area contributed by atoms with E-state index in [9.17, 15) is 4.79 Å². The van der Waals surface area contributed by atoms with Crippen molar-refractivity contribution in [3.05, 3.63) is 34.3 Å². The van der Waals surface area contributed by atoms with Gasteiger partial charge in [0.1, 0.15) is 0 Å². The smallest absolute Gasteiger partial charge is 0.217 e. The number of nitrogens with one attached hydrogen (secondary N) is 1. The van der Waals surface area contributed by atoms with Crippen molar-refractivity contribution < 1.29 is 4.79 Å². The highest BCUT2D eigenvalue weighted by molar-refractivity contribution is 9.10. The van der Waals surface area contributed by atoms with Gasteiger partial charge in [0.2, 0.25) is 5.91 Å². The maximum atomic E-state index is 11.2. The van der Waals surface area contributed by atoms with Crippen LogP contribution in [0.5, 0.6) is 0 Å². The molecule has 21 heavy (non-hydrogen) atoms. The second kappa shape index (κ2) is 7.38. The third kappa shape index (κ3) is 4.28. The van der Waals surface area contributed by atoms with Crippen molar-refractivity contribution in [1.29, 1.82) is 0 Å². The largest absolute Gasteiger partial charge is 0.354 e. The van der Waals surface area contributed by atoms with Gasteiger partial charge < -0.3 is 11.1 Å². The first-order chi connectivity index (χ1) is 9.99. The Labute approximate surface area is 135 Å². The van der Waals surface area contributed by atoms with Crippen molar-refractivity contribution in [2.45, 2.75) is 44.8 Å². The number of carbonyl (C=O) groups is 1. The van der Waals surface area contributed by atoms with E-state index in [0.717, 1.165) is 30.4 Å². The summed E-state index contributed by atoms with van der Waals surface area (Å²) in [5.74, 6) is 0.0583. The van der Waals surface area contributed by atoms with Crippen molar-refractivity contribution in [1.82, 2.24) is 10.2 Å². The molecule has 2 unspecified atom stereocenters. The zero-order chi connectivity index (χ0) is 15.4. The molecule has 1 aliphatic heterocycles. The summed E-state index contributed by atoms with van der Waals surface area (Å²) in [5.41, 5.74) is 7.49. The van der Waals surface area contributed by atoms with Crippen LogP contribution < -0.4 is 11.1 Å². The molecule has 1 heterocycles. The molecule has 116 valence electrons. The average molecular weight is 354 g/mol. The zero-order valence-electron chi connectivity index (χ0n) is 12.7. The minimum absolute atomic E-state index is 0.0565. The molecule has 0 aliphatic carbocycles. The number of likely N-dealkylation sites (tertiary alicyclic amines) is 1. The van der Waals surface area contributed by atoms with E-state index < -0.39 is 0 Å². The van der Waals surface area contributed by atoms with Crippen LogP contribution in [0.1, 0.15) is 38.3 Å². The Kier molecular flexibility index (Phi) is 5.79. The van der Waals surface area contributed by atoms with Crippen molar-refractivity contribution in [2.24, 2.45) is 5.73 Å². The lowest BCUT2D eigenvalue weighted by molar-refractivity contribution is -0.120. The van der Waals surface area contributed by atoms with Crippen molar-refractivity contribution in [2.75, 3.05) is 13.1 Å². The highest BCUT2D eigenvalue weighted by Gasteiger charge is 2.29. The average Bonchev–Trinajstić information content (AvgIpc) is 2.42. The third-order valence-electron chi connectivity index (χ3n) is 4.05. The number of nitrogens with zero attached hydrogens (tertiary/aromatic N) is 1. The number of amides is 1. The molecule has 1 fully saturated rings. The molecule has 0 spiro atoms. The topological polar surface area (TPSA) is 58.4 Å². The Hall–Kier alpha value is -0.910. The number of nitrogens with two attached hydrogens (primary N) is 1. The van der Waals surface area contributed by atoms with Crippen LogP contribution in [0, 0.1) is 0 Å². The molecular formula is C16H24BrN3O. The summed E-state index contributed by atoms with van der Waals surface area (Å²) in [6, 6.07) is 8.84. The Morgan fingerprint density at radius 2 is 2.00 bits per heavy atom. The summed E-state index contributed by atoms with van der Waals surface area (Å²) in [4.78, 5) is 13.6. The van der Waals surface area contributed by atoms with Crippen LogP contribution in [0.3, 0.4) is 0 Å². The number of piperidine rings is 1. The molecule has 1 aromatic rings. The van der Waals surface area contributed by atoms with Gasteiger partial charge in [0.25, 0.3) is 0 Å². The molecular weight excluding hydrogens is 330 g/mol. The molecule has 2 rings (SSSR count). The lowest BCUT2D eigenvalue weighted by atomic mass is 9.95. The molecule has 0 saturated carbocycles. The monoisotopic (exact) mass is 353 g/mol. The summed E-state index contributed by atoms with van der Waals surface area (Å²) in [6.45, 7) is 5.55. The van der Waals surface area contributed by atoms with Gasteiger partial charge in [-0.15, -0.1) is 0 Å². The normalized spacial score (nSPS) is 20.0. The van der Waals surface area contributed by atoms with Gasteiger partial charge in [0.15, 0.2) is 0 Å². The fourth-order valence-electron chi connectivity index (χ4n) is 3.14. The van der Waals surface area contributed by atoms with Gasteiger partial charge in [-0.05, 0) is 31.4 Å². The number of carbonyl (C=O) groups excluding carboxylic acids is 1. The molecule has 1 saturated heterocycles. The minimum atomic E-state index is 0.0565. The quantitative estimate of drug-likeness (QED) is 0.873. The highest BCUT2D eigenvalue weighted by atomic mass is 79.9. The summed E-state index contributed by atoms with van der Waals surface area (Å²) in [7, 11) is 0. The van der Waals surface area contributed by atoms with Crippen LogP contribution in [0.15, 0.2) is 28.7 Å². The van der Waals surface area contributed by atoms with Gasteiger partial charge in [0.05, 0.1) is 6.04 Å². The Morgan fingerprint density at radius 1 is 1.38 bits per heavy atom. The summed E-state index contributed by atoms with van der Waals surface area (Å²) < 4.78 is 1.11. The molecule has 0 radical (unpaired) electrons. The second-order valence-corrected chi connectivity index (χ2v) is 6.69. The predicted octanol–water partition coefficient (Wildman–Crippen LogP) is 2.44. The van der Waals surface area contributed by atoms with Crippen molar-refractivity contribution >= 4 is 21.8 Å². The number of rotatable bonds is 4. The summed E-state index contributed by atoms with van der Waals surface area (Å²) in [6.07, 6.45) is 1.96. The van der Waals surface area contributed by atoms with Crippen LogP contribution >= 0.6 is 15.9 Å². The van der Waals surface area contributed by atoms with E-state index in [0.29, 0.717) is 6.04 Å². The van der Waals surface area contributed by atoms with Crippen LogP contribution in [-0.4, -0.2) is 36.0 Å². The van der Waals surface area contributed by atoms with Crippen LogP contribution in [0.25, 0.3) is 0 Å². The third-order valence-corrected chi connectivity index (χ3v) is 4.77.